The third kappa shape index (κ3) is 2.83. The Kier molecular flexibility index (Phi) is 3.61. The Labute approximate surface area is 98.4 Å². The van der Waals surface area contributed by atoms with Gasteiger partial charge in [-0.25, -0.2) is 0 Å². The molecule has 4 heteroatoms. The smallest absolute Gasteiger partial charge is 0.0698 e. The third-order valence-electron chi connectivity index (χ3n) is 2.80. The molecule has 0 bridgehead atoms. The fourth-order valence-corrected chi connectivity index (χ4v) is 3.11. The van der Waals surface area contributed by atoms with Gasteiger partial charge in [-0.1, -0.05) is 0 Å². The fraction of sp³-hybridized carbons (Fsp3) is 0.500. The van der Waals surface area contributed by atoms with E-state index in [-0.39, 0.29) is 6.10 Å². The number of rotatable bonds is 3. The summed E-state index contributed by atoms with van der Waals surface area (Å²) in [6, 6.07) is 7.21. The van der Waals surface area contributed by atoms with E-state index in [0.717, 1.165) is 17.7 Å². The first kappa shape index (κ1) is 11.6. The van der Waals surface area contributed by atoms with E-state index in [1.165, 1.54) is 0 Å². The molecule has 3 nitrogen and oxygen atoms in total. The van der Waals surface area contributed by atoms with E-state index in [2.05, 4.69) is 6.92 Å². The van der Waals surface area contributed by atoms with Gasteiger partial charge in [0, 0.05) is 10.6 Å². The molecule has 2 rings (SSSR count). The summed E-state index contributed by atoms with van der Waals surface area (Å²) in [6.45, 7) is 2.06. The lowest BCUT2D eigenvalue weighted by Gasteiger charge is -2.10. The Bertz CT molecular complexity index is 377. The molecule has 3 atom stereocenters. The molecule has 1 aromatic carbocycles. The van der Waals surface area contributed by atoms with Gasteiger partial charge >= 0.3 is 0 Å². The van der Waals surface area contributed by atoms with Gasteiger partial charge in [-0.2, -0.15) is 0 Å². The Hall–Kier alpha value is -0.870. The van der Waals surface area contributed by atoms with E-state index in [1.807, 2.05) is 12.1 Å². The van der Waals surface area contributed by atoms with E-state index in [4.69, 9.17) is 10.5 Å². The highest BCUT2D eigenvalue weighted by Gasteiger charge is 2.23. The molecule has 1 saturated heterocycles. The fourth-order valence-electron chi connectivity index (χ4n) is 1.89. The van der Waals surface area contributed by atoms with Crippen molar-refractivity contribution in [2.24, 2.45) is 0 Å². The van der Waals surface area contributed by atoms with Crippen molar-refractivity contribution in [1.29, 1.82) is 0 Å². The van der Waals surface area contributed by atoms with Crippen LogP contribution in [0.15, 0.2) is 29.2 Å². The number of benzene rings is 1. The SMILES string of the molecule is CC1CCC(CS(=O)c2ccc(N)cc2)O1. The molecule has 1 aromatic rings. The monoisotopic (exact) mass is 239 g/mol. The van der Waals surface area contributed by atoms with Crippen molar-refractivity contribution in [3.05, 3.63) is 24.3 Å². The van der Waals surface area contributed by atoms with Crippen LogP contribution < -0.4 is 5.73 Å². The van der Waals surface area contributed by atoms with E-state index >= 15 is 0 Å². The highest BCUT2D eigenvalue weighted by atomic mass is 32.2. The molecule has 88 valence electrons. The van der Waals surface area contributed by atoms with Crippen LogP contribution in [0.2, 0.25) is 0 Å². The minimum Gasteiger partial charge on any atom is -0.399 e. The van der Waals surface area contributed by atoms with Crippen molar-refractivity contribution in [3.8, 4) is 0 Å². The van der Waals surface area contributed by atoms with Gasteiger partial charge in [-0.15, -0.1) is 0 Å². The van der Waals surface area contributed by atoms with E-state index in [9.17, 15) is 4.21 Å². The van der Waals surface area contributed by atoms with Crippen LogP contribution >= 0.6 is 0 Å². The maximum Gasteiger partial charge on any atom is 0.0698 e. The lowest BCUT2D eigenvalue weighted by atomic mass is 10.2. The summed E-state index contributed by atoms with van der Waals surface area (Å²) in [5, 5.41) is 0. The Morgan fingerprint density at radius 1 is 1.38 bits per heavy atom. The number of nitrogens with two attached hydrogens (primary N) is 1. The number of anilines is 1. The van der Waals surface area contributed by atoms with Gasteiger partial charge in [0.05, 0.1) is 28.8 Å². The van der Waals surface area contributed by atoms with Crippen LogP contribution in [0.25, 0.3) is 0 Å². The maximum absolute atomic E-state index is 12.0. The number of nitrogen functional groups attached to an aromatic ring is 1. The summed E-state index contributed by atoms with van der Waals surface area (Å²) in [4.78, 5) is 0.831. The molecule has 0 amide bonds. The van der Waals surface area contributed by atoms with Crippen molar-refractivity contribution in [3.63, 3.8) is 0 Å². The minimum absolute atomic E-state index is 0.147. The molecule has 1 fully saturated rings. The highest BCUT2D eigenvalue weighted by Crippen LogP contribution is 2.21. The highest BCUT2D eigenvalue weighted by molar-refractivity contribution is 7.85. The van der Waals surface area contributed by atoms with Crippen molar-refractivity contribution in [2.45, 2.75) is 36.9 Å². The topological polar surface area (TPSA) is 52.3 Å². The standard InChI is InChI=1S/C12H17NO2S/c1-9-2-5-11(15-9)8-16(14)12-6-3-10(13)4-7-12/h3-4,6-7,9,11H,2,5,8,13H2,1H3. The zero-order valence-electron chi connectivity index (χ0n) is 9.39. The normalized spacial score (nSPS) is 26.8. The van der Waals surface area contributed by atoms with Crippen molar-refractivity contribution in [1.82, 2.24) is 0 Å². The lowest BCUT2D eigenvalue weighted by Crippen LogP contribution is -2.17. The largest absolute Gasteiger partial charge is 0.399 e. The molecule has 3 unspecified atom stereocenters. The molecule has 1 aliphatic rings. The summed E-state index contributed by atoms with van der Waals surface area (Å²) in [5.74, 6) is 0.592. The molecular weight excluding hydrogens is 222 g/mol. The molecule has 0 spiro atoms. The first-order valence-electron chi connectivity index (χ1n) is 5.54. The Morgan fingerprint density at radius 3 is 2.62 bits per heavy atom. The molecular formula is C12H17NO2S. The second-order valence-corrected chi connectivity index (χ2v) is 5.72. The quantitative estimate of drug-likeness (QED) is 0.820. The van der Waals surface area contributed by atoms with Crippen LogP contribution in [0.3, 0.4) is 0 Å². The van der Waals surface area contributed by atoms with Crippen LogP contribution in [0.1, 0.15) is 19.8 Å². The van der Waals surface area contributed by atoms with Crippen LogP contribution in [0.4, 0.5) is 5.69 Å². The summed E-state index contributed by atoms with van der Waals surface area (Å²) < 4.78 is 17.7. The first-order valence-corrected chi connectivity index (χ1v) is 6.86. The summed E-state index contributed by atoms with van der Waals surface area (Å²) >= 11 is 0. The molecule has 2 N–H and O–H groups in total. The average molecular weight is 239 g/mol. The number of hydrogen-bond acceptors (Lipinski definition) is 3. The summed E-state index contributed by atoms with van der Waals surface area (Å²) in [7, 11) is -0.977. The van der Waals surface area contributed by atoms with Crippen LogP contribution in [0, 0.1) is 0 Å². The van der Waals surface area contributed by atoms with Crippen molar-refractivity contribution in [2.75, 3.05) is 11.5 Å². The molecule has 1 heterocycles. The average Bonchev–Trinajstić information content (AvgIpc) is 2.65. The summed E-state index contributed by atoms with van der Waals surface area (Å²) in [6.07, 6.45) is 2.55. The molecule has 0 aliphatic carbocycles. The third-order valence-corrected chi connectivity index (χ3v) is 4.27. The van der Waals surface area contributed by atoms with Gasteiger partial charge in [0.25, 0.3) is 0 Å². The van der Waals surface area contributed by atoms with Crippen LogP contribution in [-0.2, 0) is 15.5 Å². The van der Waals surface area contributed by atoms with E-state index < -0.39 is 10.8 Å². The molecule has 0 radical (unpaired) electrons. The van der Waals surface area contributed by atoms with E-state index in [0.29, 0.717) is 17.5 Å². The van der Waals surface area contributed by atoms with Gasteiger partial charge in [0.15, 0.2) is 0 Å². The van der Waals surface area contributed by atoms with Gasteiger partial charge in [-0.3, -0.25) is 4.21 Å². The zero-order chi connectivity index (χ0) is 11.5. The molecule has 0 aromatic heterocycles. The maximum atomic E-state index is 12.0. The zero-order valence-corrected chi connectivity index (χ0v) is 10.2. The molecule has 16 heavy (non-hydrogen) atoms. The van der Waals surface area contributed by atoms with Gasteiger partial charge in [0.1, 0.15) is 0 Å². The predicted octanol–water partition coefficient (Wildman–Crippen LogP) is 1.94. The predicted molar refractivity (Wildman–Crippen MR) is 65.7 cm³/mol. The van der Waals surface area contributed by atoms with Crippen molar-refractivity contribution >= 4 is 16.5 Å². The van der Waals surface area contributed by atoms with Gasteiger partial charge < -0.3 is 10.5 Å². The van der Waals surface area contributed by atoms with Crippen LogP contribution in [-0.4, -0.2) is 22.2 Å². The second-order valence-electron chi connectivity index (χ2n) is 4.23. The second kappa shape index (κ2) is 4.97. The van der Waals surface area contributed by atoms with E-state index in [1.54, 1.807) is 12.1 Å². The van der Waals surface area contributed by atoms with Gasteiger partial charge in [-0.05, 0) is 44.0 Å². The molecule has 1 aliphatic heterocycles. The Balaban J connectivity index is 1.95. The Morgan fingerprint density at radius 2 is 2.06 bits per heavy atom. The van der Waals surface area contributed by atoms with Crippen LogP contribution in [0.5, 0.6) is 0 Å². The first-order chi connectivity index (χ1) is 7.65. The minimum atomic E-state index is -0.977. The van der Waals surface area contributed by atoms with Gasteiger partial charge in [0.2, 0.25) is 0 Å². The lowest BCUT2D eigenvalue weighted by molar-refractivity contribution is 0.0695. The summed E-state index contributed by atoms with van der Waals surface area (Å²) in [5.41, 5.74) is 6.29. The van der Waals surface area contributed by atoms with Crippen molar-refractivity contribution < 1.29 is 8.95 Å². The molecule has 0 saturated carbocycles. The number of hydrogen-bond donors (Lipinski definition) is 1. The number of ether oxygens (including phenoxy) is 1.